The van der Waals surface area contributed by atoms with E-state index in [0.717, 1.165) is 29.7 Å². The maximum absolute atomic E-state index is 15.2. The van der Waals surface area contributed by atoms with Gasteiger partial charge in [-0.15, -0.1) is 6.58 Å². The van der Waals surface area contributed by atoms with Crippen molar-refractivity contribution in [1.82, 2.24) is 0 Å². The van der Waals surface area contributed by atoms with Crippen LogP contribution < -0.4 is 0 Å². The molecule has 0 spiro atoms. The molecule has 0 saturated heterocycles. The van der Waals surface area contributed by atoms with E-state index in [2.05, 4.69) is 67.8 Å². The van der Waals surface area contributed by atoms with Crippen molar-refractivity contribution < 1.29 is 4.39 Å². The van der Waals surface area contributed by atoms with Crippen molar-refractivity contribution in [1.29, 1.82) is 0 Å². The predicted octanol–water partition coefficient (Wildman–Crippen LogP) is 9.74. The highest BCUT2D eigenvalue weighted by Crippen LogP contribution is 2.37. The first-order valence-electron chi connectivity index (χ1n) is 13.6. The minimum Gasteiger partial charge on any atom is -0.205 e. The van der Waals surface area contributed by atoms with Crippen molar-refractivity contribution in [3.8, 4) is 11.8 Å². The second-order valence-electron chi connectivity index (χ2n) is 10.3. The lowest BCUT2D eigenvalue weighted by Gasteiger charge is -2.28. The first-order valence-corrected chi connectivity index (χ1v) is 13.6. The van der Waals surface area contributed by atoms with Crippen LogP contribution in [0.3, 0.4) is 0 Å². The summed E-state index contributed by atoms with van der Waals surface area (Å²) in [4.78, 5) is 0. The van der Waals surface area contributed by atoms with E-state index in [1.165, 1.54) is 68.9 Å². The summed E-state index contributed by atoms with van der Waals surface area (Å²) in [6.45, 7) is 6.13. The number of hydrogen-bond donors (Lipinski definition) is 0. The van der Waals surface area contributed by atoms with Crippen molar-refractivity contribution in [3.63, 3.8) is 0 Å². The summed E-state index contributed by atoms with van der Waals surface area (Å²) in [7, 11) is 0. The lowest BCUT2D eigenvalue weighted by atomic mass is 9.77. The Labute approximate surface area is 211 Å². The van der Waals surface area contributed by atoms with Crippen LogP contribution in [-0.4, -0.2) is 0 Å². The Balaban J connectivity index is 1.39. The minimum absolute atomic E-state index is 0.211. The monoisotopic (exact) mass is 466 g/mol. The zero-order valence-corrected chi connectivity index (χ0v) is 21.3. The third-order valence-corrected chi connectivity index (χ3v) is 7.66. The highest BCUT2D eigenvalue weighted by atomic mass is 19.1. The number of benzene rings is 3. The second-order valence-corrected chi connectivity index (χ2v) is 10.3. The molecule has 0 N–H and O–H groups in total. The van der Waals surface area contributed by atoms with Gasteiger partial charge in [-0.2, -0.15) is 0 Å². The van der Waals surface area contributed by atoms with E-state index < -0.39 is 0 Å². The fourth-order valence-electron chi connectivity index (χ4n) is 5.47. The molecule has 1 fully saturated rings. The lowest BCUT2D eigenvalue weighted by molar-refractivity contribution is 0.328. The Morgan fingerprint density at radius 2 is 1.66 bits per heavy atom. The molecule has 0 aromatic heterocycles. The number of fused-ring (bicyclic) bond motifs is 1. The van der Waals surface area contributed by atoms with Gasteiger partial charge in [-0.05, 0) is 91.5 Å². The number of unbranched alkanes of at least 4 members (excludes halogenated alkanes) is 4. The van der Waals surface area contributed by atoms with E-state index >= 15 is 4.39 Å². The lowest BCUT2D eigenvalue weighted by Crippen LogP contribution is -2.12. The molecule has 3 aromatic rings. The molecule has 0 amide bonds. The van der Waals surface area contributed by atoms with E-state index in [4.69, 9.17) is 0 Å². The molecule has 0 radical (unpaired) electrons. The molecule has 0 unspecified atom stereocenters. The minimum atomic E-state index is -0.211. The van der Waals surface area contributed by atoms with E-state index in [-0.39, 0.29) is 5.82 Å². The largest absolute Gasteiger partial charge is 0.205 e. The van der Waals surface area contributed by atoms with Crippen molar-refractivity contribution in [3.05, 3.63) is 95.3 Å². The number of rotatable bonds is 9. The summed E-state index contributed by atoms with van der Waals surface area (Å²) in [5, 5.41) is 1.63. The van der Waals surface area contributed by atoms with Gasteiger partial charge in [0.2, 0.25) is 0 Å². The summed E-state index contributed by atoms with van der Waals surface area (Å²) in [6, 6.07) is 18.6. The SMILES string of the molecule is C=CCC1CCC(c2ccc(C#Cc3ccc4cc(CCCCCCC)ccc4c3F)cc2)CC1. The first-order chi connectivity index (χ1) is 17.2. The molecule has 0 nitrogen and oxygen atoms in total. The Hall–Kier alpha value is -2.85. The maximum Gasteiger partial charge on any atom is 0.146 e. The molecule has 3 aromatic carbocycles. The van der Waals surface area contributed by atoms with Gasteiger partial charge in [0.05, 0.1) is 5.56 Å². The van der Waals surface area contributed by atoms with Crippen LogP contribution in [0.15, 0.2) is 67.3 Å². The van der Waals surface area contributed by atoms with Crippen LogP contribution in [0.5, 0.6) is 0 Å². The Bertz CT molecular complexity index is 1170. The number of hydrogen-bond acceptors (Lipinski definition) is 0. The second kappa shape index (κ2) is 12.7. The molecule has 0 heterocycles. The normalized spacial score (nSPS) is 17.7. The van der Waals surface area contributed by atoms with Crippen molar-refractivity contribution in [2.24, 2.45) is 5.92 Å². The van der Waals surface area contributed by atoms with Gasteiger partial charge >= 0.3 is 0 Å². The number of aryl methyl sites for hydroxylation is 1. The molecule has 1 aliphatic carbocycles. The molecule has 4 rings (SSSR count). The fraction of sp³-hybridized carbons (Fsp3) is 0.412. The van der Waals surface area contributed by atoms with Gasteiger partial charge < -0.3 is 0 Å². The maximum atomic E-state index is 15.2. The highest BCUT2D eigenvalue weighted by molar-refractivity contribution is 5.85. The number of allylic oxidation sites excluding steroid dienone is 1. The van der Waals surface area contributed by atoms with E-state index in [0.29, 0.717) is 16.9 Å². The average molecular weight is 467 g/mol. The quantitative estimate of drug-likeness (QED) is 0.167. The smallest absolute Gasteiger partial charge is 0.146 e. The molecule has 0 aliphatic heterocycles. The molecule has 1 aliphatic rings. The Morgan fingerprint density at radius 1 is 0.886 bits per heavy atom. The van der Waals surface area contributed by atoms with Gasteiger partial charge in [0.1, 0.15) is 5.82 Å². The third kappa shape index (κ3) is 6.85. The van der Waals surface area contributed by atoms with Crippen LogP contribution >= 0.6 is 0 Å². The Morgan fingerprint density at radius 3 is 2.40 bits per heavy atom. The summed E-state index contributed by atoms with van der Waals surface area (Å²) in [5.41, 5.74) is 4.11. The zero-order valence-electron chi connectivity index (χ0n) is 21.3. The van der Waals surface area contributed by atoms with Crippen molar-refractivity contribution in [2.45, 2.75) is 83.5 Å². The molecule has 1 heteroatoms. The summed E-state index contributed by atoms with van der Waals surface area (Å²) < 4.78 is 15.2. The van der Waals surface area contributed by atoms with Crippen LogP contribution in [0.25, 0.3) is 10.8 Å². The Kier molecular flexibility index (Phi) is 9.19. The van der Waals surface area contributed by atoms with Crippen LogP contribution in [0.1, 0.15) is 99.3 Å². The molecule has 1 saturated carbocycles. The van der Waals surface area contributed by atoms with Crippen molar-refractivity contribution >= 4 is 10.8 Å². The van der Waals surface area contributed by atoms with Gasteiger partial charge in [0, 0.05) is 10.9 Å². The fourth-order valence-corrected chi connectivity index (χ4v) is 5.47. The van der Waals surface area contributed by atoms with Crippen LogP contribution in [-0.2, 0) is 6.42 Å². The highest BCUT2D eigenvalue weighted by Gasteiger charge is 2.21. The summed E-state index contributed by atoms with van der Waals surface area (Å²) in [6.07, 6.45) is 15.7. The van der Waals surface area contributed by atoms with E-state index in [9.17, 15) is 0 Å². The van der Waals surface area contributed by atoms with Crippen LogP contribution in [0.4, 0.5) is 4.39 Å². The van der Waals surface area contributed by atoms with E-state index in [1.54, 1.807) is 0 Å². The molecule has 0 atom stereocenters. The summed E-state index contributed by atoms with van der Waals surface area (Å²) >= 11 is 0. The predicted molar refractivity (Wildman–Crippen MR) is 148 cm³/mol. The molecule has 35 heavy (non-hydrogen) atoms. The molecule has 182 valence electrons. The number of halogens is 1. The zero-order chi connectivity index (χ0) is 24.5. The molecular weight excluding hydrogens is 427 g/mol. The standard InChI is InChI=1S/C34H39F/c1-3-5-6-7-8-10-28-16-24-33-32(25-28)23-22-31(34(33)35)21-15-27-13-19-30(20-14-27)29-17-11-26(9-4-2)12-18-29/h4,13-14,16,19-20,22-26,29H,2-3,5-12,17-18H2,1H3. The van der Waals surface area contributed by atoms with Crippen LogP contribution in [0, 0.1) is 23.6 Å². The van der Waals surface area contributed by atoms with Crippen molar-refractivity contribution in [2.75, 3.05) is 0 Å². The van der Waals surface area contributed by atoms with Gasteiger partial charge in [0.15, 0.2) is 0 Å². The van der Waals surface area contributed by atoms with Gasteiger partial charge in [-0.3, -0.25) is 0 Å². The van der Waals surface area contributed by atoms with Gasteiger partial charge in [-0.25, -0.2) is 4.39 Å². The van der Waals surface area contributed by atoms with Crippen LogP contribution in [0.2, 0.25) is 0 Å². The third-order valence-electron chi connectivity index (χ3n) is 7.66. The summed E-state index contributed by atoms with van der Waals surface area (Å²) in [5.74, 6) is 7.50. The average Bonchev–Trinajstić information content (AvgIpc) is 2.89. The topological polar surface area (TPSA) is 0 Å². The molecular formula is C34H39F. The van der Waals surface area contributed by atoms with Gasteiger partial charge in [0.25, 0.3) is 0 Å². The van der Waals surface area contributed by atoms with Gasteiger partial charge in [-0.1, -0.05) is 86.9 Å². The molecule has 0 bridgehead atoms. The first kappa shape index (κ1) is 25.2. The van der Waals surface area contributed by atoms with E-state index in [1.807, 2.05) is 18.2 Å².